The van der Waals surface area contributed by atoms with Gasteiger partial charge in [0.15, 0.2) is 11.5 Å². The van der Waals surface area contributed by atoms with E-state index < -0.39 is 0 Å². The van der Waals surface area contributed by atoms with Crippen LogP contribution in [0.2, 0.25) is 0 Å². The molecule has 0 saturated heterocycles. The molecule has 24 heavy (non-hydrogen) atoms. The fourth-order valence-corrected chi connectivity index (χ4v) is 2.47. The van der Waals surface area contributed by atoms with Gasteiger partial charge in [-0.1, -0.05) is 30.3 Å². The average Bonchev–Trinajstić information content (AvgIpc) is 3.00. The van der Waals surface area contributed by atoms with Crippen LogP contribution in [-0.2, 0) is 13.0 Å². The maximum absolute atomic E-state index is 8.90. The predicted molar refractivity (Wildman–Crippen MR) is 91.7 cm³/mol. The molecule has 2 heterocycles. The molecule has 0 amide bonds. The first-order valence-corrected chi connectivity index (χ1v) is 8.04. The molecule has 7 heteroatoms. The van der Waals surface area contributed by atoms with Gasteiger partial charge in [0.2, 0.25) is 0 Å². The van der Waals surface area contributed by atoms with E-state index in [1.54, 1.807) is 6.33 Å². The SMILES string of the molecule is Nc1nc(OCCc2ccccc2)nc2c1ncn2CCCCO. The molecule has 0 fully saturated rings. The van der Waals surface area contributed by atoms with Gasteiger partial charge in [0.25, 0.3) is 0 Å². The molecule has 0 aliphatic heterocycles. The number of unbranched alkanes of at least 4 members (excludes halogenated alkanes) is 1. The van der Waals surface area contributed by atoms with E-state index in [-0.39, 0.29) is 12.6 Å². The van der Waals surface area contributed by atoms with E-state index in [1.807, 2.05) is 22.8 Å². The summed E-state index contributed by atoms with van der Waals surface area (Å²) < 4.78 is 7.58. The number of aromatic nitrogens is 4. The third kappa shape index (κ3) is 3.80. The summed E-state index contributed by atoms with van der Waals surface area (Å²) >= 11 is 0. The van der Waals surface area contributed by atoms with Crippen LogP contribution < -0.4 is 10.5 Å². The van der Waals surface area contributed by atoms with Gasteiger partial charge in [0.05, 0.1) is 12.9 Å². The summed E-state index contributed by atoms with van der Waals surface area (Å²) in [5.41, 5.74) is 8.40. The van der Waals surface area contributed by atoms with Crippen LogP contribution in [0.5, 0.6) is 6.01 Å². The van der Waals surface area contributed by atoms with Crippen molar-refractivity contribution in [3.63, 3.8) is 0 Å². The molecule has 0 bridgehead atoms. The highest BCUT2D eigenvalue weighted by Crippen LogP contribution is 2.19. The molecule has 2 aromatic heterocycles. The van der Waals surface area contributed by atoms with E-state index in [0.29, 0.717) is 23.6 Å². The van der Waals surface area contributed by atoms with Crippen molar-refractivity contribution in [2.75, 3.05) is 18.9 Å². The summed E-state index contributed by atoms with van der Waals surface area (Å²) in [7, 11) is 0. The third-order valence-electron chi connectivity index (χ3n) is 3.74. The molecule has 0 saturated carbocycles. The number of aryl methyl sites for hydroxylation is 1. The Morgan fingerprint density at radius 3 is 2.75 bits per heavy atom. The van der Waals surface area contributed by atoms with Gasteiger partial charge in [-0.25, -0.2) is 4.98 Å². The Morgan fingerprint density at radius 1 is 1.12 bits per heavy atom. The summed E-state index contributed by atoms with van der Waals surface area (Å²) in [6.07, 6.45) is 4.05. The van der Waals surface area contributed by atoms with Gasteiger partial charge in [-0.15, -0.1) is 0 Å². The first kappa shape index (κ1) is 16.2. The maximum Gasteiger partial charge on any atom is 0.320 e. The Bertz CT molecular complexity index is 788. The molecule has 3 rings (SSSR count). The van der Waals surface area contributed by atoms with Gasteiger partial charge in [-0.2, -0.15) is 9.97 Å². The van der Waals surface area contributed by atoms with Crippen molar-refractivity contribution in [1.82, 2.24) is 19.5 Å². The number of hydrogen-bond acceptors (Lipinski definition) is 6. The number of nitrogens with two attached hydrogens (primary N) is 1. The minimum Gasteiger partial charge on any atom is -0.463 e. The van der Waals surface area contributed by atoms with Crippen LogP contribution in [0.3, 0.4) is 0 Å². The highest BCUT2D eigenvalue weighted by atomic mass is 16.5. The number of aliphatic hydroxyl groups is 1. The molecule has 0 unspecified atom stereocenters. The van der Waals surface area contributed by atoms with Gasteiger partial charge in [-0.3, -0.25) is 0 Å². The Labute approximate surface area is 140 Å². The predicted octanol–water partition coefficient (Wildman–Crippen LogP) is 1.80. The zero-order valence-corrected chi connectivity index (χ0v) is 13.4. The first-order valence-electron chi connectivity index (χ1n) is 8.04. The topological polar surface area (TPSA) is 99.1 Å². The minimum atomic E-state index is 0.178. The fourth-order valence-electron chi connectivity index (χ4n) is 2.47. The van der Waals surface area contributed by atoms with Crippen LogP contribution in [0.25, 0.3) is 11.2 Å². The van der Waals surface area contributed by atoms with E-state index in [9.17, 15) is 0 Å². The van der Waals surface area contributed by atoms with E-state index in [1.165, 1.54) is 5.56 Å². The van der Waals surface area contributed by atoms with Crippen LogP contribution in [0.4, 0.5) is 5.82 Å². The standard InChI is InChI=1S/C17H21N5O2/c18-15-14-16(22(12-19-14)9-4-5-10-23)21-17(20-15)24-11-8-13-6-2-1-3-7-13/h1-3,6-7,12,23H,4-5,8-11H2,(H2,18,20,21). The van der Waals surface area contributed by atoms with Crippen molar-refractivity contribution in [3.8, 4) is 6.01 Å². The lowest BCUT2D eigenvalue weighted by atomic mass is 10.2. The monoisotopic (exact) mass is 327 g/mol. The van der Waals surface area contributed by atoms with Crippen molar-refractivity contribution in [2.45, 2.75) is 25.8 Å². The Kier molecular flexibility index (Phi) is 5.22. The average molecular weight is 327 g/mol. The zero-order chi connectivity index (χ0) is 16.8. The second-order valence-electron chi connectivity index (χ2n) is 5.52. The van der Waals surface area contributed by atoms with Crippen molar-refractivity contribution in [2.24, 2.45) is 0 Å². The number of rotatable bonds is 8. The lowest BCUT2D eigenvalue weighted by Gasteiger charge is -2.07. The maximum atomic E-state index is 8.90. The number of nitrogens with zero attached hydrogens (tertiary/aromatic N) is 4. The van der Waals surface area contributed by atoms with Crippen molar-refractivity contribution >= 4 is 17.0 Å². The number of benzene rings is 1. The lowest BCUT2D eigenvalue weighted by molar-refractivity contribution is 0.281. The second kappa shape index (κ2) is 7.74. The normalized spacial score (nSPS) is 11.0. The van der Waals surface area contributed by atoms with Crippen LogP contribution in [0.15, 0.2) is 36.7 Å². The summed E-state index contributed by atoms with van der Waals surface area (Å²) in [6.45, 7) is 1.38. The third-order valence-corrected chi connectivity index (χ3v) is 3.74. The second-order valence-corrected chi connectivity index (χ2v) is 5.52. The Balaban J connectivity index is 1.70. The number of fused-ring (bicyclic) bond motifs is 1. The van der Waals surface area contributed by atoms with Crippen LogP contribution in [0, 0.1) is 0 Å². The van der Waals surface area contributed by atoms with Crippen LogP contribution in [-0.4, -0.2) is 37.8 Å². The van der Waals surface area contributed by atoms with Gasteiger partial charge in [-0.05, 0) is 18.4 Å². The number of hydrogen-bond donors (Lipinski definition) is 2. The van der Waals surface area contributed by atoms with Gasteiger partial charge >= 0.3 is 6.01 Å². The smallest absolute Gasteiger partial charge is 0.320 e. The summed E-state index contributed by atoms with van der Waals surface area (Å²) in [6, 6.07) is 10.4. The highest BCUT2D eigenvalue weighted by Gasteiger charge is 2.12. The molecule has 126 valence electrons. The van der Waals surface area contributed by atoms with E-state index in [4.69, 9.17) is 15.6 Å². The molecule has 3 aromatic rings. The molecule has 3 N–H and O–H groups in total. The molecule has 7 nitrogen and oxygen atoms in total. The highest BCUT2D eigenvalue weighted by molar-refractivity contribution is 5.81. The molecule has 0 aliphatic rings. The fraction of sp³-hybridized carbons (Fsp3) is 0.353. The number of ether oxygens (including phenoxy) is 1. The number of imidazole rings is 1. The van der Waals surface area contributed by atoms with Gasteiger partial charge < -0.3 is 20.1 Å². The van der Waals surface area contributed by atoms with E-state index >= 15 is 0 Å². The van der Waals surface area contributed by atoms with Gasteiger partial charge in [0, 0.05) is 19.6 Å². The van der Waals surface area contributed by atoms with E-state index in [0.717, 1.165) is 25.8 Å². The molecule has 0 aliphatic carbocycles. The number of nitrogen functional groups attached to an aromatic ring is 1. The number of anilines is 1. The molecule has 1 aromatic carbocycles. The number of aliphatic hydroxyl groups excluding tert-OH is 1. The Hall–Kier alpha value is -2.67. The quantitative estimate of drug-likeness (QED) is 0.612. The largest absolute Gasteiger partial charge is 0.463 e. The molecular weight excluding hydrogens is 306 g/mol. The van der Waals surface area contributed by atoms with Crippen molar-refractivity contribution < 1.29 is 9.84 Å². The summed E-state index contributed by atoms with van der Waals surface area (Å²) in [4.78, 5) is 12.9. The molecule has 0 radical (unpaired) electrons. The van der Waals surface area contributed by atoms with Crippen LogP contribution in [0.1, 0.15) is 18.4 Å². The van der Waals surface area contributed by atoms with E-state index in [2.05, 4.69) is 27.1 Å². The molecule has 0 atom stereocenters. The summed E-state index contributed by atoms with van der Waals surface area (Å²) in [5, 5.41) is 8.90. The summed E-state index contributed by atoms with van der Waals surface area (Å²) in [5.74, 6) is 0.315. The minimum absolute atomic E-state index is 0.178. The Morgan fingerprint density at radius 2 is 1.96 bits per heavy atom. The first-order chi connectivity index (χ1) is 11.8. The molecular formula is C17H21N5O2. The van der Waals surface area contributed by atoms with Gasteiger partial charge in [0.1, 0.15) is 5.52 Å². The lowest BCUT2D eigenvalue weighted by Crippen LogP contribution is -2.07. The zero-order valence-electron chi connectivity index (χ0n) is 13.4. The van der Waals surface area contributed by atoms with Crippen molar-refractivity contribution in [1.29, 1.82) is 0 Å². The molecule has 0 spiro atoms. The van der Waals surface area contributed by atoms with Crippen molar-refractivity contribution in [3.05, 3.63) is 42.2 Å². The van der Waals surface area contributed by atoms with Crippen LogP contribution >= 0.6 is 0 Å².